The summed E-state index contributed by atoms with van der Waals surface area (Å²) in [4.78, 5) is 0. The summed E-state index contributed by atoms with van der Waals surface area (Å²) in [6.45, 7) is 9.38. The van der Waals surface area contributed by atoms with Crippen molar-refractivity contribution in [2.45, 2.75) is 130 Å². The Labute approximate surface area is 142 Å². The number of hydrogen-bond donors (Lipinski definition) is 0. The van der Waals surface area contributed by atoms with Crippen LogP contribution < -0.4 is 0 Å². The van der Waals surface area contributed by atoms with Crippen LogP contribution in [0, 0.1) is 11.8 Å². The van der Waals surface area contributed by atoms with Gasteiger partial charge in [0.25, 0.3) is 0 Å². The molecule has 0 saturated carbocycles. The molecule has 0 aliphatic carbocycles. The van der Waals surface area contributed by atoms with E-state index in [1.165, 1.54) is 103 Å². The molecular weight excluding hydrogens is 264 g/mol. The molecule has 0 heteroatoms. The van der Waals surface area contributed by atoms with Crippen molar-refractivity contribution in [1.29, 1.82) is 0 Å². The van der Waals surface area contributed by atoms with Gasteiger partial charge in [0, 0.05) is 0 Å². The van der Waals surface area contributed by atoms with E-state index in [0.717, 1.165) is 11.8 Å². The maximum atomic E-state index is 2.39. The van der Waals surface area contributed by atoms with Gasteiger partial charge in [-0.15, -0.1) is 0 Å². The molecule has 0 fully saturated rings. The fourth-order valence-electron chi connectivity index (χ4n) is 3.93. The van der Waals surface area contributed by atoms with Crippen LogP contribution in [0.3, 0.4) is 0 Å². The first-order valence-electron chi connectivity index (χ1n) is 10.8. The lowest BCUT2D eigenvalue weighted by Gasteiger charge is -2.27. The Kier molecular flexibility index (Phi) is 17.4. The summed E-state index contributed by atoms with van der Waals surface area (Å²) in [7, 11) is 0. The second-order valence-corrected chi connectivity index (χ2v) is 7.50. The van der Waals surface area contributed by atoms with Gasteiger partial charge in [-0.1, -0.05) is 130 Å². The molecule has 0 rings (SSSR count). The van der Waals surface area contributed by atoms with Crippen LogP contribution >= 0.6 is 0 Å². The first kappa shape index (κ1) is 22.0. The largest absolute Gasteiger partial charge is 0.0654 e. The Bertz CT molecular complexity index is 186. The third-order valence-electron chi connectivity index (χ3n) is 5.36. The summed E-state index contributed by atoms with van der Waals surface area (Å²) in [5.74, 6) is 2.06. The quantitative estimate of drug-likeness (QED) is 0.236. The molecular formula is C22H46. The molecule has 0 radical (unpaired) electrons. The number of rotatable bonds is 17. The maximum absolute atomic E-state index is 2.39. The average molecular weight is 311 g/mol. The highest BCUT2D eigenvalue weighted by atomic mass is 14.3. The van der Waals surface area contributed by atoms with E-state index in [0.29, 0.717) is 0 Å². The molecule has 22 heavy (non-hydrogen) atoms. The minimum Gasteiger partial charge on any atom is -0.0654 e. The van der Waals surface area contributed by atoms with E-state index in [4.69, 9.17) is 0 Å². The molecule has 0 aromatic heterocycles. The molecule has 0 aliphatic heterocycles. The molecule has 0 nitrogen and oxygen atoms in total. The molecule has 1 atom stereocenters. The fourth-order valence-corrected chi connectivity index (χ4v) is 3.93. The van der Waals surface area contributed by atoms with Crippen LogP contribution in [0.4, 0.5) is 0 Å². The predicted octanol–water partition coefficient (Wildman–Crippen LogP) is 8.54. The molecule has 0 saturated heterocycles. The minimum absolute atomic E-state index is 1.03. The van der Waals surface area contributed by atoms with Gasteiger partial charge in [-0.2, -0.15) is 0 Å². The molecule has 0 heterocycles. The summed E-state index contributed by atoms with van der Waals surface area (Å²) in [5.41, 5.74) is 0. The van der Waals surface area contributed by atoms with Crippen molar-refractivity contribution in [3.63, 3.8) is 0 Å². The van der Waals surface area contributed by atoms with Crippen molar-refractivity contribution >= 4 is 0 Å². The molecule has 0 spiro atoms. The third-order valence-corrected chi connectivity index (χ3v) is 5.36. The molecule has 0 N–H and O–H groups in total. The molecule has 134 valence electrons. The van der Waals surface area contributed by atoms with Gasteiger partial charge >= 0.3 is 0 Å². The predicted molar refractivity (Wildman–Crippen MR) is 104 cm³/mol. The van der Waals surface area contributed by atoms with Crippen molar-refractivity contribution in [3.05, 3.63) is 0 Å². The summed E-state index contributed by atoms with van der Waals surface area (Å²) in [5, 5.41) is 0. The molecule has 0 amide bonds. The summed E-state index contributed by atoms with van der Waals surface area (Å²) in [6.07, 6.45) is 23.2. The topological polar surface area (TPSA) is 0 Å². The first-order chi connectivity index (χ1) is 10.8. The fraction of sp³-hybridized carbons (Fsp3) is 1.00. The summed E-state index contributed by atoms with van der Waals surface area (Å²) < 4.78 is 0. The second kappa shape index (κ2) is 17.4. The lowest BCUT2D eigenvalue weighted by molar-refractivity contribution is 0.242. The Balaban J connectivity index is 4.25. The van der Waals surface area contributed by atoms with Crippen LogP contribution in [0.2, 0.25) is 0 Å². The lowest BCUT2D eigenvalue weighted by Crippen LogP contribution is -2.15. The van der Waals surface area contributed by atoms with Crippen LogP contribution in [-0.2, 0) is 0 Å². The van der Waals surface area contributed by atoms with Crippen LogP contribution in [0.15, 0.2) is 0 Å². The van der Waals surface area contributed by atoms with Crippen molar-refractivity contribution in [2.24, 2.45) is 11.8 Å². The Morgan fingerprint density at radius 3 is 1.18 bits per heavy atom. The van der Waals surface area contributed by atoms with Gasteiger partial charge in [-0.3, -0.25) is 0 Å². The Morgan fingerprint density at radius 1 is 0.364 bits per heavy atom. The SMILES string of the molecule is CCCCCCCC(CCC)C(CCCCC)CCCCC. The van der Waals surface area contributed by atoms with Crippen LogP contribution in [-0.4, -0.2) is 0 Å². The Hall–Kier alpha value is 0. The second-order valence-electron chi connectivity index (χ2n) is 7.50. The molecule has 0 aromatic rings. The number of hydrogen-bond acceptors (Lipinski definition) is 0. The smallest absolute Gasteiger partial charge is 0.0386 e. The standard InChI is InChI=1S/C22H46/c1-5-9-12-13-16-20-21(17-8-4)22(18-14-10-6-2)19-15-11-7-3/h21-22H,5-20H2,1-4H3. The Morgan fingerprint density at radius 2 is 0.727 bits per heavy atom. The summed E-state index contributed by atoms with van der Waals surface area (Å²) >= 11 is 0. The van der Waals surface area contributed by atoms with Gasteiger partial charge < -0.3 is 0 Å². The van der Waals surface area contributed by atoms with Crippen LogP contribution in [0.1, 0.15) is 130 Å². The highest BCUT2D eigenvalue weighted by molar-refractivity contribution is 4.71. The van der Waals surface area contributed by atoms with Crippen molar-refractivity contribution in [3.8, 4) is 0 Å². The van der Waals surface area contributed by atoms with E-state index >= 15 is 0 Å². The van der Waals surface area contributed by atoms with Gasteiger partial charge in [0.2, 0.25) is 0 Å². The first-order valence-corrected chi connectivity index (χ1v) is 10.8. The van der Waals surface area contributed by atoms with Crippen molar-refractivity contribution in [1.82, 2.24) is 0 Å². The third kappa shape index (κ3) is 12.5. The molecule has 0 aliphatic rings. The van der Waals surface area contributed by atoms with E-state index in [9.17, 15) is 0 Å². The zero-order valence-corrected chi connectivity index (χ0v) is 16.5. The zero-order chi connectivity index (χ0) is 16.5. The number of unbranched alkanes of at least 4 members (excludes halogenated alkanes) is 8. The maximum Gasteiger partial charge on any atom is -0.0386 e. The minimum atomic E-state index is 1.03. The van der Waals surface area contributed by atoms with E-state index in [2.05, 4.69) is 27.7 Å². The van der Waals surface area contributed by atoms with Crippen molar-refractivity contribution in [2.75, 3.05) is 0 Å². The molecule has 1 unspecified atom stereocenters. The highest BCUT2D eigenvalue weighted by Gasteiger charge is 2.19. The highest BCUT2D eigenvalue weighted by Crippen LogP contribution is 2.32. The lowest BCUT2D eigenvalue weighted by atomic mass is 9.78. The van der Waals surface area contributed by atoms with E-state index in [1.54, 1.807) is 0 Å². The van der Waals surface area contributed by atoms with Crippen molar-refractivity contribution < 1.29 is 0 Å². The molecule has 0 bridgehead atoms. The van der Waals surface area contributed by atoms with Gasteiger partial charge in [-0.05, 0) is 11.8 Å². The zero-order valence-electron chi connectivity index (χ0n) is 16.5. The monoisotopic (exact) mass is 310 g/mol. The van der Waals surface area contributed by atoms with E-state index < -0.39 is 0 Å². The van der Waals surface area contributed by atoms with Gasteiger partial charge in [-0.25, -0.2) is 0 Å². The van der Waals surface area contributed by atoms with Crippen LogP contribution in [0.5, 0.6) is 0 Å². The van der Waals surface area contributed by atoms with Gasteiger partial charge in [0.05, 0.1) is 0 Å². The molecule has 0 aromatic carbocycles. The summed E-state index contributed by atoms with van der Waals surface area (Å²) in [6, 6.07) is 0. The van der Waals surface area contributed by atoms with E-state index in [-0.39, 0.29) is 0 Å². The van der Waals surface area contributed by atoms with Crippen LogP contribution in [0.25, 0.3) is 0 Å². The normalized spacial score (nSPS) is 13.0. The van der Waals surface area contributed by atoms with E-state index in [1.807, 2.05) is 0 Å². The van der Waals surface area contributed by atoms with Gasteiger partial charge in [0.1, 0.15) is 0 Å². The average Bonchev–Trinajstić information content (AvgIpc) is 2.52. The van der Waals surface area contributed by atoms with Gasteiger partial charge in [0.15, 0.2) is 0 Å².